The second-order valence-corrected chi connectivity index (χ2v) is 8.31. The van der Waals surface area contributed by atoms with Crippen molar-refractivity contribution in [1.29, 1.82) is 0 Å². The number of nitrogens with one attached hydrogen (secondary N) is 1. The highest BCUT2D eigenvalue weighted by molar-refractivity contribution is 7.16. The van der Waals surface area contributed by atoms with E-state index < -0.39 is 17.4 Å². The van der Waals surface area contributed by atoms with Gasteiger partial charge in [0.1, 0.15) is 22.5 Å². The van der Waals surface area contributed by atoms with Gasteiger partial charge in [-0.05, 0) is 67.1 Å². The molecule has 0 saturated heterocycles. The number of aromatic nitrogens is 3. The van der Waals surface area contributed by atoms with Gasteiger partial charge in [0.05, 0.1) is 36.0 Å². The van der Waals surface area contributed by atoms with Crippen molar-refractivity contribution in [2.75, 3.05) is 14.2 Å². The smallest absolute Gasteiger partial charge is 0.275 e. The van der Waals surface area contributed by atoms with E-state index in [1.165, 1.54) is 17.4 Å². The fourth-order valence-electron chi connectivity index (χ4n) is 3.32. The molecule has 1 atom stereocenters. The van der Waals surface area contributed by atoms with E-state index in [9.17, 15) is 9.59 Å². The molecule has 3 N–H and O–H groups in total. The van der Waals surface area contributed by atoms with Gasteiger partial charge in [-0.25, -0.2) is 10.1 Å². The number of nitrogens with two attached hydrogens (primary N) is 1. The number of carbonyl (C=O) groups excluding carboxylic acids is 1. The lowest BCUT2D eigenvalue weighted by Gasteiger charge is -2.07. The molecule has 0 aliphatic carbocycles. The van der Waals surface area contributed by atoms with Gasteiger partial charge in [0.15, 0.2) is 5.78 Å². The second kappa shape index (κ2) is 9.35. The van der Waals surface area contributed by atoms with Crippen LogP contribution in [0.4, 0.5) is 0 Å². The SMILES string of the molecule is COc1ccc(-c2nc(C(N)C(=O)c3cc(C)n[nH]c3=O)sc2-c2ccc(OC)cc2)cc1. The molecular formula is C24H22N4O4S. The summed E-state index contributed by atoms with van der Waals surface area (Å²) >= 11 is 1.32. The maximum absolute atomic E-state index is 13.0. The number of ketones is 1. The third-order valence-corrected chi connectivity index (χ3v) is 6.29. The summed E-state index contributed by atoms with van der Waals surface area (Å²) in [6, 6.07) is 15.4. The van der Waals surface area contributed by atoms with Crippen molar-refractivity contribution >= 4 is 17.1 Å². The zero-order valence-electron chi connectivity index (χ0n) is 18.3. The molecule has 0 aliphatic heterocycles. The molecule has 1 unspecified atom stereocenters. The molecule has 2 heterocycles. The standard InChI is InChI=1S/C24H22N4O4S/c1-13-12-18(23(30)28-27-13)21(29)19(25)24-26-20(14-4-8-16(31-2)9-5-14)22(33-24)15-6-10-17(32-3)11-7-15/h4-12,19H,25H2,1-3H3,(H,28,30). The van der Waals surface area contributed by atoms with Crippen molar-refractivity contribution in [2.45, 2.75) is 13.0 Å². The Kier molecular flexibility index (Phi) is 6.34. The van der Waals surface area contributed by atoms with Crippen LogP contribution in [-0.2, 0) is 0 Å². The molecule has 4 aromatic rings. The summed E-state index contributed by atoms with van der Waals surface area (Å²) in [6.45, 7) is 1.69. The van der Waals surface area contributed by atoms with Crippen LogP contribution in [-0.4, -0.2) is 35.2 Å². The predicted octanol–water partition coefficient (Wildman–Crippen LogP) is 3.77. The van der Waals surface area contributed by atoms with Crippen molar-refractivity contribution in [3.05, 3.63) is 81.2 Å². The van der Waals surface area contributed by atoms with E-state index in [2.05, 4.69) is 10.2 Å². The van der Waals surface area contributed by atoms with Crippen LogP contribution < -0.4 is 20.8 Å². The first-order valence-electron chi connectivity index (χ1n) is 10.1. The summed E-state index contributed by atoms with van der Waals surface area (Å²) in [6.07, 6.45) is 0. The molecule has 0 aliphatic rings. The molecule has 0 amide bonds. The summed E-state index contributed by atoms with van der Waals surface area (Å²) in [4.78, 5) is 30.8. The minimum atomic E-state index is -1.10. The Morgan fingerprint density at radius 3 is 2.15 bits per heavy atom. The van der Waals surface area contributed by atoms with E-state index in [4.69, 9.17) is 20.2 Å². The number of H-pyrrole nitrogens is 1. The van der Waals surface area contributed by atoms with Crippen molar-refractivity contribution < 1.29 is 14.3 Å². The first-order valence-corrected chi connectivity index (χ1v) is 10.9. The summed E-state index contributed by atoms with van der Waals surface area (Å²) in [5, 5.41) is 6.55. The number of aromatic amines is 1. The number of methoxy groups -OCH3 is 2. The zero-order valence-corrected chi connectivity index (χ0v) is 19.1. The number of hydrogen-bond donors (Lipinski definition) is 2. The van der Waals surface area contributed by atoms with Gasteiger partial charge in [0.2, 0.25) is 0 Å². The number of aryl methyl sites for hydroxylation is 1. The van der Waals surface area contributed by atoms with Gasteiger partial charge in [-0.3, -0.25) is 9.59 Å². The van der Waals surface area contributed by atoms with Crippen LogP contribution in [0.25, 0.3) is 21.7 Å². The van der Waals surface area contributed by atoms with Gasteiger partial charge >= 0.3 is 0 Å². The Labute approximate surface area is 194 Å². The first-order chi connectivity index (χ1) is 15.9. The highest BCUT2D eigenvalue weighted by Crippen LogP contribution is 2.39. The molecule has 8 nitrogen and oxygen atoms in total. The van der Waals surface area contributed by atoms with E-state index in [1.54, 1.807) is 21.1 Å². The number of benzene rings is 2. The number of Topliss-reactive ketones (excluding diaryl/α,β-unsaturated/α-hetero) is 1. The summed E-state index contributed by atoms with van der Waals surface area (Å²) in [7, 11) is 3.21. The van der Waals surface area contributed by atoms with Gasteiger partial charge in [-0.15, -0.1) is 11.3 Å². The second-order valence-electron chi connectivity index (χ2n) is 7.28. The van der Waals surface area contributed by atoms with E-state index >= 15 is 0 Å². The molecule has 2 aromatic heterocycles. The lowest BCUT2D eigenvalue weighted by atomic mass is 10.1. The molecule has 0 spiro atoms. The van der Waals surface area contributed by atoms with Crippen LogP contribution in [0, 0.1) is 6.92 Å². The summed E-state index contributed by atoms with van der Waals surface area (Å²) in [5.41, 5.74) is 8.64. The average molecular weight is 463 g/mol. The fraction of sp³-hybridized carbons (Fsp3) is 0.167. The van der Waals surface area contributed by atoms with Gasteiger partial charge in [-0.2, -0.15) is 5.10 Å². The molecule has 4 rings (SSSR count). The highest BCUT2D eigenvalue weighted by atomic mass is 32.1. The number of rotatable bonds is 7. The predicted molar refractivity (Wildman–Crippen MR) is 127 cm³/mol. The Morgan fingerprint density at radius 2 is 1.58 bits per heavy atom. The lowest BCUT2D eigenvalue weighted by Crippen LogP contribution is -2.28. The molecule has 0 saturated carbocycles. The van der Waals surface area contributed by atoms with E-state index in [-0.39, 0.29) is 5.56 Å². The Balaban J connectivity index is 1.80. The first kappa shape index (κ1) is 22.4. The minimum Gasteiger partial charge on any atom is -0.497 e. The lowest BCUT2D eigenvalue weighted by molar-refractivity contribution is 0.0959. The Hall–Kier alpha value is -3.82. The third-order valence-electron chi connectivity index (χ3n) is 5.10. The van der Waals surface area contributed by atoms with E-state index in [1.807, 2.05) is 48.5 Å². The van der Waals surface area contributed by atoms with E-state index in [0.29, 0.717) is 16.4 Å². The quantitative estimate of drug-likeness (QED) is 0.401. The number of thiazole rings is 1. The van der Waals surface area contributed by atoms with Crippen LogP contribution in [0.3, 0.4) is 0 Å². The van der Waals surface area contributed by atoms with Gasteiger partial charge in [0, 0.05) is 5.56 Å². The minimum absolute atomic E-state index is 0.0396. The summed E-state index contributed by atoms with van der Waals surface area (Å²) < 4.78 is 10.5. The number of ether oxygens (including phenoxy) is 2. The highest BCUT2D eigenvalue weighted by Gasteiger charge is 2.26. The molecule has 2 aromatic carbocycles. The molecule has 0 fully saturated rings. The average Bonchev–Trinajstić information content (AvgIpc) is 3.30. The number of carbonyl (C=O) groups is 1. The van der Waals surface area contributed by atoms with E-state index in [0.717, 1.165) is 27.5 Å². The van der Waals surface area contributed by atoms with Crippen molar-refractivity contribution in [3.63, 3.8) is 0 Å². The largest absolute Gasteiger partial charge is 0.497 e. The van der Waals surface area contributed by atoms with Crippen molar-refractivity contribution in [3.8, 4) is 33.2 Å². The normalized spacial score (nSPS) is 11.8. The fourth-order valence-corrected chi connectivity index (χ4v) is 4.42. The van der Waals surface area contributed by atoms with Crippen molar-refractivity contribution in [2.24, 2.45) is 5.73 Å². The van der Waals surface area contributed by atoms with Crippen LogP contribution in [0.15, 0.2) is 59.4 Å². The Morgan fingerprint density at radius 1 is 1.00 bits per heavy atom. The van der Waals surface area contributed by atoms with Gasteiger partial charge < -0.3 is 15.2 Å². The molecule has 9 heteroatoms. The Bertz CT molecular complexity index is 1280. The van der Waals surface area contributed by atoms with Gasteiger partial charge in [-0.1, -0.05) is 0 Å². The van der Waals surface area contributed by atoms with Crippen molar-refractivity contribution in [1.82, 2.24) is 15.2 Å². The zero-order chi connectivity index (χ0) is 23.5. The molecule has 0 bridgehead atoms. The van der Waals surface area contributed by atoms with Crippen LogP contribution >= 0.6 is 11.3 Å². The maximum atomic E-state index is 13.0. The molecular weight excluding hydrogens is 440 g/mol. The van der Waals surface area contributed by atoms with Crippen LogP contribution in [0.2, 0.25) is 0 Å². The maximum Gasteiger partial charge on any atom is 0.275 e. The third kappa shape index (κ3) is 4.55. The number of hydrogen-bond acceptors (Lipinski definition) is 8. The molecule has 168 valence electrons. The summed E-state index contributed by atoms with van der Waals surface area (Å²) in [5.74, 6) is 0.936. The molecule has 0 radical (unpaired) electrons. The van der Waals surface area contributed by atoms with Crippen LogP contribution in [0.1, 0.15) is 27.1 Å². The molecule has 33 heavy (non-hydrogen) atoms. The monoisotopic (exact) mass is 462 g/mol. The number of nitrogens with zero attached hydrogens (tertiary/aromatic N) is 2. The topological polar surface area (TPSA) is 120 Å². The van der Waals surface area contributed by atoms with Gasteiger partial charge in [0.25, 0.3) is 5.56 Å². The van der Waals surface area contributed by atoms with Crippen LogP contribution in [0.5, 0.6) is 11.5 Å².